The number of sulfonamides is 1. The Morgan fingerprint density at radius 1 is 1.17 bits per heavy atom. The number of hydrazine groups is 1. The number of carbonyl (C=O) groups excluding carboxylic acids is 2. The third kappa shape index (κ3) is 5.48. The van der Waals surface area contributed by atoms with Crippen LogP contribution >= 0.6 is 11.6 Å². The molecule has 0 atom stereocenters. The number of ether oxygens (including phenoxy) is 1. The quantitative estimate of drug-likeness (QED) is 0.549. The van der Waals surface area contributed by atoms with Crippen molar-refractivity contribution in [2.24, 2.45) is 0 Å². The molecule has 1 saturated carbocycles. The van der Waals surface area contributed by atoms with E-state index >= 15 is 0 Å². The Kier molecular flexibility index (Phi) is 6.56. The van der Waals surface area contributed by atoms with Crippen LogP contribution in [0, 0.1) is 11.3 Å². The summed E-state index contributed by atoms with van der Waals surface area (Å²) in [7, 11) is -3.86. The highest BCUT2D eigenvalue weighted by Crippen LogP contribution is 2.26. The first-order valence-corrected chi connectivity index (χ1v) is 10.7. The second-order valence-electron chi connectivity index (χ2n) is 6.44. The third-order valence-electron chi connectivity index (χ3n) is 4.06. The van der Waals surface area contributed by atoms with E-state index in [4.69, 9.17) is 21.6 Å². The van der Waals surface area contributed by atoms with E-state index in [1.54, 1.807) is 18.2 Å². The van der Waals surface area contributed by atoms with Crippen LogP contribution in [0.1, 0.15) is 28.8 Å². The normalized spacial score (nSPS) is 13.2. The molecule has 3 rings (SSSR count). The Morgan fingerprint density at radius 2 is 1.90 bits per heavy atom. The molecular formula is C19H17ClN4O5S. The molecule has 1 aliphatic carbocycles. The maximum absolute atomic E-state index is 12.4. The fourth-order valence-corrected chi connectivity index (χ4v) is 4.23. The maximum Gasteiger partial charge on any atom is 0.276 e. The molecule has 2 aromatic carbocycles. The lowest BCUT2D eigenvalue weighted by Gasteiger charge is -2.11. The Labute approximate surface area is 178 Å². The number of halogens is 1. The molecule has 3 N–H and O–H groups in total. The van der Waals surface area contributed by atoms with Crippen LogP contribution in [0.5, 0.6) is 5.75 Å². The van der Waals surface area contributed by atoms with E-state index in [0.717, 1.165) is 18.9 Å². The van der Waals surface area contributed by atoms with Gasteiger partial charge in [0.1, 0.15) is 16.7 Å². The molecule has 0 heterocycles. The smallest absolute Gasteiger partial charge is 0.276 e. The highest BCUT2D eigenvalue weighted by atomic mass is 35.5. The molecule has 1 aliphatic rings. The Balaban J connectivity index is 1.59. The van der Waals surface area contributed by atoms with Gasteiger partial charge < -0.3 is 4.74 Å². The number of rotatable bonds is 7. The Bertz CT molecular complexity index is 1130. The number of benzene rings is 2. The van der Waals surface area contributed by atoms with E-state index in [2.05, 4.69) is 15.6 Å². The van der Waals surface area contributed by atoms with Crippen molar-refractivity contribution in [1.29, 1.82) is 5.26 Å². The fraction of sp³-hybridized carbons (Fsp3) is 0.211. The minimum Gasteiger partial charge on any atom is -0.482 e. The third-order valence-corrected chi connectivity index (χ3v) is 6.07. The largest absolute Gasteiger partial charge is 0.482 e. The summed E-state index contributed by atoms with van der Waals surface area (Å²) in [5.41, 5.74) is 4.59. The van der Waals surface area contributed by atoms with E-state index in [9.17, 15) is 18.0 Å². The van der Waals surface area contributed by atoms with Crippen LogP contribution in [0.3, 0.4) is 0 Å². The van der Waals surface area contributed by atoms with Crippen LogP contribution < -0.4 is 20.3 Å². The molecule has 0 aromatic heterocycles. The minimum atomic E-state index is -3.86. The van der Waals surface area contributed by atoms with Gasteiger partial charge in [0.25, 0.3) is 11.8 Å². The van der Waals surface area contributed by atoms with Crippen molar-refractivity contribution >= 4 is 33.4 Å². The van der Waals surface area contributed by atoms with Gasteiger partial charge in [-0.05, 0) is 43.2 Å². The fourth-order valence-electron chi connectivity index (χ4n) is 2.40. The van der Waals surface area contributed by atoms with Crippen molar-refractivity contribution in [1.82, 2.24) is 15.6 Å². The SMILES string of the molecule is N#Cc1ccccc1OCC(=O)NNC(=O)c1ccc(Cl)c(S(=O)(=O)NC2CC2)c1. The number of hydrogen-bond donors (Lipinski definition) is 3. The Morgan fingerprint density at radius 3 is 2.60 bits per heavy atom. The van der Waals surface area contributed by atoms with Crippen LogP contribution in [-0.2, 0) is 14.8 Å². The molecule has 9 nitrogen and oxygen atoms in total. The predicted molar refractivity (Wildman–Crippen MR) is 107 cm³/mol. The molecular weight excluding hydrogens is 432 g/mol. The molecule has 0 bridgehead atoms. The summed E-state index contributed by atoms with van der Waals surface area (Å²) in [4.78, 5) is 24.0. The lowest BCUT2D eigenvalue weighted by Crippen LogP contribution is -2.43. The van der Waals surface area contributed by atoms with Crippen molar-refractivity contribution in [3.63, 3.8) is 0 Å². The van der Waals surface area contributed by atoms with Gasteiger partial charge in [-0.1, -0.05) is 23.7 Å². The average Bonchev–Trinajstić information content (AvgIpc) is 3.54. The lowest BCUT2D eigenvalue weighted by atomic mass is 10.2. The molecule has 2 amide bonds. The van der Waals surface area contributed by atoms with E-state index in [1.165, 1.54) is 18.2 Å². The van der Waals surface area contributed by atoms with E-state index in [1.807, 2.05) is 6.07 Å². The van der Waals surface area contributed by atoms with Gasteiger partial charge in [-0.3, -0.25) is 20.4 Å². The lowest BCUT2D eigenvalue weighted by molar-refractivity contribution is -0.123. The number of nitrogens with zero attached hydrogens (tertiary/aromatic N) is 1. The van der Waals surface area contributed by atoms with Crippen molar-refractivity contribution in [2.75, 3.05) is 6.61 Å². The van der Waals surface area contributed by atoms with Gasteiger partial charge in [-0.2, -0.15) is 5.26 Å². The summed E-state index contributed by atoms with van der Waals surface area (Å²) in [5, 5.41) is 8.97. The number of amides is 2. The van der Waals surface area contributed by atoms with E-state index in [-0.39, 0.29) is 32.8 Å². The number of carbonyl (C=O) groups is 2. The minimum absolute atomic E-state index is 0.00776. The van der Waals surface area contributed by atoms with Crippen LogP contribution in [0.15, 0.2) is 47.4 Å². The van der Waals surface area contributed by atoms with E-state index < -0.39 is 28.4 Å². The topological polar surface area (TPSA) is 137 Å². The molecule has 156 valence electrons. The van der Waals surface area contributed by atoms with Gasteiger partial charge >= 0.3 is 0 Å². The average molecular weight is 449 g/mol. The van der Waals surface area contributed by atoms with Gasteiger partial charge in [0, 0.05) is 11.6 Å². The van der Waals surface area contributed by atoms with Crippen molar-refractivity contribution in [2.45, 2.75) is 23.8 Å². The zero-order valence-electron chi connectivity index (χ0n) is 15.5. The van der Waals surface area contributed by atoms with Gasteiger partial charge in [0.05, 0.1) is 10.6 Å². The molecule has 0 radical (unpaired) electrons. The summed E-state index contributed by atoms with van der Waals surface area (Å²) in [6.07, 6.45) is 1.51. The van der Waals surface area contributed by atoms with Crippen molar-refractivity contribution in [3.8, 4) is 11.8 Å². The molecule has 0 unspecified atom stereocenters. The van der Waals surface area contributed by atoms with Crippen LogP contribution in [0.25, 0.3) is 0 Å². The second-order valence-corrected chi connectivity index (χ2v) is 8.53. The van der Waals surface area contributed by atoms with Gasteiger partial charge in [0.2, 0.25) is 10.0 Å². The first kappa shape index (κ1) is 21.6. The number of para-hydroxylation sites is 1. The summed E-state index contributed by atoms with van der Waals surface area (Å²) in [5.74, 6) is -1.18. The zero-order chi connectivity index (χ0) is 21.7. The highest BCUT2D eigenvalue weighted by molar-refractivity contribution is 7.89. The zero-order valence-corrected chi connectivity index (χ0v) is 17.1. The molecule has 11 heteroatoms. The van der Waals surface area contributed by atoms with Gasteiger partial charge in [-0.25, -0.2) is 13.1 Å². The first-order valence-electron chi connectivity index (χ1n) is 8.83. The molecule has 0 saturated heterocycles. The number of nitrogens with one attached hydrogen (secondary N) is 3. The van der Waals surface area contributed by atoms with Crippen LogP contribution in [0.2, 0.25) is 5.02 Å². The number of hydrogen-bond acceptors (Lipinski definition) is 6. The summed E-state index contributed by atoms with van der Waals surface area (Å²) >= 11 is 5.98. The van der Waals surface area contributed by atoms with Gasteiger partial charge in [0.15, 0.2) is 6.61 Å². The van der Waals surface area contributed by atoms with Crippen LogP contribution in [0.4, 0.5) is 0 Å². The monoisotopic (exact) mass is 448 g/mol. The first-order chi connectivity index (χ1) is 14.3. The van der Waals surface area contributed by atoms with Crippen LogP contribution in [-0.4, -0.2) is 32.9 Å². The summed E-state index contributed by atoms with van der Waals surface area (Å²) in [6, 6.07) is 12.0. The predicted octanol–water partition coefficient (Wildman–Crippen LogP) is 1.49. The van der Waals surface area contributed by atoms with Gasteiger partial charge in [-0.15, -0.1) is 0 Å². The summed E-state index contributed by atoms with van der Waals surface area (Å²) in [6.45, 7) is -0.440. The highest BCUT2D eigenvalue weighted by Gasteiger charge is 2.29. The number of nitriles is 1. The maximum atomic E-state index is 12.4. The van der Waals surface area contributed by atoms with Crippen molar-refractivity contribution in [3.05, 3.63) is 58.6 Å². The summed E-state index contributed by atoms with van der Waals surface area (Å²) < 4.78 is 32.5. The molecule has 0 aliphatic heterocycles. The molecule has 1 fully saturated rings. The standard InChI is InChI=1S/C19H17ClN4O5S/c20-15-8-5-12(9-17(15)30(27,28)24-14-6-7-14)19(26)23-22-18(25)11-29-16-4-2-1-3-13(16)10-21/h1-5,8-9,14,24H,6-7,11H2,(H,22,25)(H,23,26). The molecule has 0 spiro atoms. The molecule has 2 aromatic rings. The van der Waals surface area contributed by atoms with E-state index in [0.29, 0.717) is 0 Å². The second kappa shape index (κ2) is 9.13. The Hall–Kier alpha value is -3.13. The molecule has 30 heavy (non-hydrogen) atoms. The van der Waals surface area contributed by atoms with Crippen molar-refractivity contribution < 1.29 is 22.7 Å².